The minimum absolute atomic E-state index is 0.0230. The van der Waals surface area contributed by atoms with Gasteiger partial charge >= 0.3 is 0 Å². The number of morpholine rings is 1. The number of hydrogen-bond acceptors (Lipinski definition) is 6. The van der Waals surface area contributed by atoms with E-state index < -0.39 is 0 Å². The van der Waals surface area contributed by atoms with Gasteiger partial charge in [-0.25, -0.2) is 4.98 Å². The molecular weight excluding hydrogens is 324 g/mol. The Bertz CT molecular complexity index is 641. The predicted octanol–water partition coefficient (Wildman–Crippen LogP) is 1.59. The van der Waals surface area contributed by atoms with Crippen LogP contribution in [0.15, 0.2) is 29.8 Å². The number of thiazole rings is 1. The normalized spacial score (nSPS) is 15.3. The van der Waals surface area contributed by atoms with Crippen LogP contribution >= 0.6 is 11.3 Å². The molecule has 1 saturated heterocycles. The second-order valence-electron chi connectivity index (χ2n) is 5.69. The first kappa shape index (κ1) is 17.0. The highest BCUT2D eigenvalue weighted by molar-refractivity contribution is 7.13. The van der Waals surface area contributed by atoms with Crippen molar-refractivity contribution in [3.63, 3.8) is 0 Å². The van der Waals surface area contributed by atoms with Crippen LogP contribution < -0.4 is 5.32 Å². The van der Waals surface area contributed by atoms with E-state index in [1.54, 1.807) is 6.20 Å². The number of nitrogens with one attached hydrogen (secondary N) is 1. The van der Waals surface area contributed by atoms with Gasteiger partial charge in [0.15, 0.2) is 0 Å². The first-order valence-electron chi connectivity index (χ1n) is 8.24. The molecule has 2 aromatic rings. The van der Waals surface area contributed by atoms with E-state index in [2.05, 4.69) is 20.2 Å². The standard InChI is InChI=1S/C17H22N4O2S/c22-16(19-6-3-7-21-8-10-23-11-9-21)12-14-13-24-17(20-14)15-4-1-2-5-18-15/h1-2,4-5,13H,3,6-12H2,(H,19,22). The van der Waals surface area contributed by atoms with Gasteiger partial charge in [-0.05, 0) is 25.1 Å². The van der Waals surface area contributed by atoms with E-state index in [1.807, 2.05) is 23.6 Å². The van der Waals surface area contributed by atoms with Crippen molar-refractivity contribution < 1.29 is 9.53 Å². The third-order valence-electron chi connectivity index (χ3n) is 3.85. The molecule has 1 amide bonds. The average molecular weight is 346 g/mol. The van der Waals surface area contributed by atoms with Crippen LogP contribution in [0.1, 0.15) is 12.1 Å². The molecule has 0 bridgehead atoms. The maximum Gasteiger partial charge on any atom is 0.226 e. The molecule has 3 rings (SSSR count). The molecule has 0 saturated carbocycles. The van der Waals surface area contributed by atoms with Crippen LogP contribution in [0.2, 0.25) is 0 Å². The SMILES string of the molecule is O=C(Cc1csc(-c2ccccn2)n1)NCCCN1CCOCC1. The zero-order chi connectivity index (χ0) is 16.6. The Morgan fingerprint density at radius 3 is 3.00 bits per heavy atom. The lowest BCUT2D eigenvalue weighted by molar-refractivity contribution is -0.120. The van der Waals surface area contributed by atoms with Crippen molar-refractivity contribution in [2.24, 2.45) is 0 Å². The summed E-state index contributed by atoms with van der Waals surface area (Å²) in [5, 5.41) is 5.75. The van der Waals surface area contributed by atoms with Crippen molar-refractivity contribution in [3.8, 4) is 10.7 Å². The first-order valence-corrected chi connectivity index (χ1v) is 9.12. The molecule has 0 aromatic carbocycles. The third-order valence-corrected chi connectivity index (χ3v) is 4.77. The lowest BCUT2D eigenvalue weighted by Crippen LogP contribution is -2.38. The quantitative estimate of drug-likeness (QED) is 0.771. The summed E-state index contributed by atoms with van der Waals surface area (Å²) < 4.78 is 5.32. The molecule has 7 heteroatoms. The van der Waals surface area contributed by atoms with Crippen LogP contribution in [0.25, 0.3) is 10.7 Å². The summed E-state index contributed by atoms with van der Waals surface area (Å²) in [7, 11) is 0. The monoisotopic (exact) mass is 346 g/mol. The Hall–Kier alpha value is -1.83. The third kappa shape index (κ3) is 5.09. The van der Waals surface area contributed by atoms with Crippen molar-refractivity contribution in [1.29, 1.82) is 0 Å². The molecule has 2 aromatic heterocycles. The molecule has 0 spiro atoms. The number of ether oxygens (including phenoxy) is 1. The molecule has 1 aliphatic heterocycles. The van der Waals surface area contributed by atoms with Gasteiger partial charge in [-0.3, -0.25) is 14.7 Å². The summed E-state index contributed by atoms with van der Waals surface area (Å²) in [5.41, 5.74) is 1.64. The highest BCUT2D eigenvalue weighted by atomic mass is 32.1. The summed E-state index contributed by atoms with van der Waals surface area (Å²) in [6.45, 7) is 5.31. The number of aromatic nitrogens is 2. The molecule has 1 fully saturated rings. The molecule has 0 atom stereocenters. The number of rotatable bonds is 7. The highest BCUT2D eigenvalue weighted by Gasteiger charge is 2.11. The van der Waals surface area contributed by atoms with Gasteiger partial charge in [0, 0.05) is 31.2 Å². The summed E-state index contributed by atoms with van der Waals surface area (Å²) in [6, 6.07) is 5.74. The van der Waals surface area contributed by atoms with E-state index in [0.29, 0.717) is 13.0 Å². The molecule has 0 radical (unpaired) electrons. The van der Waals surface area contributed by atoms with E-state index in [4.69, 9.17) is 4.74 Å². The minimum atomic E-state index is 0.0230. The average Bonchev–Trinajstić information content (AvgIpc) is 3.09. The summed E-state index contributed by atoms with van der Waals surface area (Å²) in [4.78, 5) is 23.2. The molecule has 6 nitrogen and oxygen atoms in total. The minimum Gasteiger partial charge on any atom is -0.379 e. The molecular formula is C17H22N4O2S. The van der Waals surface area contributed by atoms with Gasteiger partial charge in [0.05, 0.1) is 31.0 Å². The fourth-order valence-corrected chi connectivity index (χ4v) is 3.37. The Morgan fingerprint density at radius 1 is 1.33 bits per heavy atom. The van der Waals surface area contributed by atoms with Crippen LogP contribution in [0.4, 0.5) is 0 Å². The molecule has 0 aliphatic carbocycles. The fraction of sp³-hybridized carbons (Fsp3) is 0.471. The van der Waals surface area contributed by atoms with E-state index in [9.17, 15) is 4.79 Å². The van der Waals surface area contributed by atoms with Crippen LogP contribution in [0, 0.1) is 0 Å². The van der Waals surface area contributed by atoms with Gasteiger partial charge in [0.1, 0.15) is 5.01 Å². The smallest absolute Gasteiger partial charge is 0.226 e. The van der Waals surface area contributed by atoms with Gasteiger partial charge in [-0.1, -0.05) is 6.07 Å². The van der Waals surface area contributed by atoms with Crippen molar-refractivity contribution >= 4 is 17.2 Å². The first-order chi connectivity index (χ1) is 11.8. The predicted molar refractivity (Wildman–Crippen MR) is 93.9 cm³/mol. The molecule has 0 unspecified atom stereocenters. The van der Waals surface area contributed by atoms with Gasteiger partial charge < -0.3 is 10.1 Å². The number of carbonyl (C=O) groups excluding carboxylic acids is 1. The zero-order valence-electron chi connectivity index (χ0n) is 13.6. The van der Waals surface area contributed by atoms with Gasteiger partial charge in [-0.2, -0.15) is 0 Å². The van der Waals surface area contributed by atoms with Crippen molar-refractivity contribution in [3.05, 3.63) is 35.5 Å². The summed E-state index contributed by atoms with van der Waals surface area (Å²) >= 11 is 1.52. The lowest BCUT2D eigenvalue weighted by atomic mass is 10.3. The zero-order valence-corrected chi connectivity index (χ0v) is 14.4. The Morgan fingerprint density at radius 2 is 2.21 bits per heavy atom. The number of carbonyl (C=O) groups is 1. The Labute approximate surface area is 145 Å². The van der Waals surface area contributed by atoms with E-state index in [0.717, 1.165) is 55.7 Å². The molecule has 24 heavy (non-hydrogen) atoms. The Kier molecular flexibility index (Phi) is 6.28. The molecule has 128 valence electrons. The maximum atomic E-state index is 12.0. The van der Waals surface area contributed by atoms with Crippen LogP contribution in [0.5, 0.6) is 0 Å². The summed E-state index contributed by atoms with van der Waals surface area (Å²) in [6.07, 6.45) is 3.03. The largest absolute Gasteiger partial charge is 0.379 e. The number of amides is 1. The number of hydrogen-bond donors (Lipinski definition) is 1. The Balaban J connectivity index is 1.38. The summed E-state index contributed by atoms with van der Waals surface area (Å²) in [5.74, 6) is 0.0230. The van der Waals surface area contributed by atoms with Gasteiger partial charge in [0.25, 0.3) is 0 Å². The second-order valence-corrected chi connectivity index (χ2v) is 6.55. The van der Waals surface area contributed by atoms with Crippen molar-refractivity contribution in [2.45, 2.75) is 12.8 Å². The highest BCUT2D eigenvalue weighted by Crippen LogP contribution is 2.21. The van der Waals surface area contributed by atoms with E-state index >= 15 is 0 Å². The van der Waals surface area contributed by atoms with Gasteiger partial charge in [0.2, 0.25) is 5.91 Å². The fourth-order valence-electron chi connectivity index (χ4n) is 2.58. The van der Waals surface area contributed by atoms with E-state index in [1.165, 1.54) is 11.3 Å². The molecule has 3 heterocycles. The van der Waals surface area contributed by atoms with Crippen LogP contribution in [0.3, 0.4) is 0 Å². The maximum absolute atomic E-state index is 12.0. The lowest BCUT2D eigenvalue weighted by Gasteiger charge is -2.26. The van der Waals surface area contributed by atoms with Crippen LogP contribution in [-0.2, 0) is 16.0 Å². The second kappa shape index (κ2) is 8.86. The van der Waals surface area contributed by atoms with Crippen molar-refractivity contribution in [1.82, 2.24) is 20.2 Å². The van der Waals surface area contributed by atoms with E-state index in [-0.39, 0.29) is 5.91 Å². The van der Waals surface area contributed by atoms with Crippen molar-refractivity contribution in [2.75, 3.05) is 39.4 Å². The van der Waals surface area contributed by atoms with Crippen LogP contribution in [-0.4, -0.2) is 60.2 Å². The molecule has 1 aliphatic rings. The topological polar surface area (TPSA) is 67.4 Å². The van der Waals surface area contributed by atoms with Gasteiger partial charge in [-0.15, -0.1) is 11.3 Å². The number of pyridine rings is 1. The molecule has 1 N–H and O–H groups in total. The number of nitrogens with zero attached hydrogens (tertiary/aromatic N) is 3.